The van der Waals surface area contributed by atoms with Crippen molar-refractivity contribution >= 4 is 22.8 Å². The molecular formula is C16H21N5O4. The summed E-state index contributed by atoms with van der Waals surface area (Å²) < 4.78 is 1.56. The number of rotatable bonds is 8. The van der Waals surface area contributed by atoms with Crippen LogP contribution in [0.4, 0.5) is 17.1 Å². The van der Waals surface area contributed by atoms with Crippen LogP contribution in [0.3, 0.4) is 0 Å². The SMILES string of the molecule is CC(=O)c1ccc(Nc2cnn(C[C@@H](O)CN(C)C)c2)c([N+](=O)[O-])c1. The van der Waals surface area contributed by atoms with Gasteiger partial charge in [-0.05, 0) is 33.2 Å². The first-order chi connectivity index (χ1) is 11.8. The fourth-order valence-electron chi connectivity index (χ4n) is 2.39. The molecule has 0 bridgehead atoms. The molecule has 0 unspecified atom stereocenters. The van der Waals surface area contributed by atoms with E-state index in [4.69, 9.17) is 0 Å². The van der Waals surface area contributed by atoms with Crippen LogP contribution in [-0.2, 0) is 6.54 Å². The lowest BCUT2D eigenvalue weighted by molar-refractivity contribution is -0.383. The minimum atomic E-state index is -0.577. The Hall–Kier alpha value is -2.78. The number of hydrogen-bond donors (Lipinski definition) is 2. The van der Waals surface area contributed by atoms with E-state index in [1.54, 1.807) is 10.9 Å². The van der Waals surface area contributed by atoms with E-state index < -0.39 is 11.0 Å². The molecule has 134 valence electrons. The number of nitrogens with one attached hydrogen (secondary N) is 1. The zero-order chi connectivity index (χ0) is 18.6. The fraction of sp³-hybridized carbons (Fsp3) is 0.375. The number of carbonyl (C=O) groups is 1. The van der Waals surface area contributed by atoms with Crippen molar-refractivity contribution in [2.75, 3.05) is 26.0 Å². The van der Waals surface area contributed by atoms with Gasteiger partial charge in [-0.15, -0.1) is 0 Å². The summed E-state index contributed by atoms with van der Waals surface area (Å²) in [6.07, 6.45) is 2.60. The Bertz CT molecular complexity index is 772. The van der Waals surface area contributed by atoms with Gasteiger partial charge in [0, 0.05) is 24.4 Å². The number of carbonyl (C=O) groups excluding carboxylic acids is 1. The molecular weight excluding hydrogens is 326 g/mol. The Morgan fingerprint density at radius 1 is 1.48 bits per heavy atom. The molecule has 1 aromatic carbocycles. The molecule has 0 saturated carbocycles. The molecule has 1 heterocycles. The second kappa shape index (κ2) is 7.86. The van der Waals surface area contributed by atoms with Gasteiger partial charge in [-0.2, -0.15) is 5.10 Å². The molecule has 2 N–H and O–H groups in total. The number of aliphatic hydroxyl groups is 1. The van der Waals surface area contributed by atoms with Crippen LogP contribution < -0.4 is 5.32 Å². The molecule has 9 nitrogen and oxygen atoms in total. The van der Waals surface area contributed by atoms with Crippen molar-refractivity contribution in [1.29, 1.82) is 0 Å². The minimum Gasteiger partial charge on any atom is -0.390 e. The molecule has 0 spiro atoms. The van der Waals surface area contributed by atoms with Gasteiger partial charge < -0.3 is 15.3 Å². The highest BCUT2D eigenvalue weighted by Gasteiger charge is 2.17. The first-order valence-corrected chi connectivity index (χ1v) is 7.68. The Balaban J connectivity index is 2.15. The number of hydrogen-bond acceptors (Lipinski definition) is 7. The maximum Gasteiger partial charge on any atom is 0.293 e. The number of nitrogens with zero attached hydrogens (tertiary/aromatic N) is 4. The lowest BCUT2D eigenvalue weighted by Gasteiger charge is -2.15. The third-order valence-electron chi connectivity index (χ3n) is 3.49. The number of likely N-dealkylation sites (N-methyl/N-ethyl adjacent to an activating group) is 1. The highest BCUT2D eigenvalue weighted by Crippen LogP contribution is 2.28. The predicted octanol–water partition coefficient (Wildman–Crippen LogP) is 1.66. The van der Waals surface area contributed by atoms with Gasteiger partial charge in [-0.1, -0.05) is 0 Å². The average molecular weight is 347 g/mol. The summed E-state index contributed by atoms with van der Waals surface area (Å²) in [6.45, 7) is 2.17. The number of nitro groups is 1. The second-order valence-corrected chi connectivity index (χ2v) is 6.04. The molecule has 0 aliphatic heterocycles. The molecule has 0 amide bonds. The van der Waals surface area contributed by atoms with Gasteiger partial charge in [0.1, 0.15) is 5.69 Å². The monoisotopic (exact) mass is 347 g/mol. The molecule has 0 aliphatic rings. The van der Waals surface area contributed by atoms with Crippen LogP contribution in [0.25, 0.3) is 0 Å². The number of aliphatic hydroxyl groups excluding tert-OH is 1. The van der Waals surface area contributed by atoms with Gasteiger partial charge in [0.15, 0.2) is 5.78 Å². The second-order valence-electron chi connectivity index (χ2n) is 6.04. The smallest absolute Gasteiger partial charge is 0.293 e. The standard InChI is InChI=1S/C16H21N5O4/c1-11(22)12-4-5-15(16(6-12)21(24)25)18-13-7-17-20(8-13)10-14(23)9-19(2)3/h4-8,14,18,23H,9-10H2,1-3H3/t14-/m0/s1. The van der Waals surface area contributed by atoms with E-state index in [2.05, 4.69) is 10.4 Å². The Labute approximate surface area is 145 Å². The van der Waals surface area contributed by atoms with Crippen molar-refractivity contribution in [1.82, 2.24) is 14.7 Å². The summed E-state index contributed by atoms with van der Waals surface area (Å²) in [7, 11) is 3.73. The van der Waals surface area contributed by atoms with Gasteiger partial charge in [0.05, 0.1) is 29.5 Å². The molecule has 25 heavy (non-hydrogen) atoms. The van der Waals surface area contributed by atoms with E-state index in [9.17, 15) is 20.0 Å². The number of nitro benzene ring substituents is 1. The van der Waals surface area contributed by atoms with E-state index in [1.165, 1.54) is 31.3 Å². The Kier molecular flexibility index (Phi) is 5.84. The summed E-state index contributed by atoms with van der Waals surface area (Å²) in [4.78, 5) is 24.0. The molecule has 1 aromatic heterocycles. The minimum absolute atomic E-state index is 0.187. The first kappa shape index (κ1) is 18.6. The normalized spacial score (nSPS) is 12.2. The van der Waals surface area contributed by atoms with Crippen molar-refractivity contribution in [3.63, 3.8) is 0 Å². The maximum absolute atomic E-state index is 11.4. The van der Waals surface area contributed by atoms with Crippen LogP contribution in [0.5, 0.6) is 0 Å². The summed E-state index contributed by atoms with van der Waals surface area (Å²) in [6, 6.07) is 4.27. The number of benzene rings is 1. The highest BCUT2D eigenvalue weighted by molar-refractivity contribution is 5.95. The van der Waals surface area contributed by atoms with E-state index >= 15 is 0 Å². The van der Waals surface area contributed by atoms with E-state index in [0.717, 1.165) is 0 Å². The van der Waals surface area contributed by atoms with Crippen molar-refractivity contribution in [2.24, 2.45) is 0 Å². The molecule has 0 radical (unpaired) electrons. The van der Waals surface area contributed by atoms with Gasteiger partial charge >= 0.3 is 0 Å². The Morgan fingerprint density at radius 3 is 2.80 bits per heavy atom. The van der Waals surface area contributed by atoms with Crippen LogP contribution in [0.2, 0.25) is 0 Å². The lowest BCUT2D eigenvalue weighted by Crippen LogP contribution is -2.29. The van der Waals surface area contributed by atoms with Gasteiger partial charge in [0.25, 0.3) is 5.69 Å². The summed E-state index contributed by atoms with van der Waals surface area (Å²) in [5.74, 6) is -0.239. The highest BCUT2D eigenvalue weighted by atomic mass is 16.6. The third-order valence-corrected chi connectivity index (χ3v) is 3.49. The van der Waals surface area contributed by atoms with Crippen LogP contribution in [0.15, 0.2) is 30.6 Å². The predicted molar refractivity (Wildman–Crippen MR) is 93.2 cm³/mol. The van der Waals surface area contributed by atoms with Crippen molar-refractivity contribution in [3.05, 3.63) is 46.3 Å². The molecule has 2 rings (SSSR count). The first-order valence-electron chi connectivity index (χ1n) is 7.68. The maximum atomic E-state index is 11.4. The van der Waals surface area contributed by atoms with E-state index in [0.29, 0.717) is 18.8 Å². The van der Waals surface area contributed by atoms with E-state index in [1.807, 2.05) is 19.0 Å². The van der Waals surface area contributed by atoms with Gasteiger partial charge in [0.2, 0.25) is 0 Å². The summed E-state index contributed by atoms with van der Waals surface area (Å²) >= 11 is 0. The van der Waals surface area contributed by atoms with Gasteiger partial charge in [-0.3, -0.25) is 19.6 Å². The van der Waals surface area contributed by atoms with Crippen LogP contribution in [0.1, 0.15) is 17.3 Å². The molecule has 0 saturated heterocycles. The Morgan fingerprint density at radius 2 is 2.20 bits per heavy atom. The fourth-order valence-corrected chi connectivity index (χ4v) is 2.39. The van der Waals surface area contributed by atoms with Gasteiger partial charge in [-0.25, -0.2) is 0 Å². The van der Waals surface area contributed by atoms with Crippen LogP contribution in [0, 0.1) is 10.1 Å². The topological polar surface area (TPSA) is 114 Å². The lowest BCUT2D eigenvalue weighted by atomic mass is 10.1. The zero-order valence-corrected chi connectivity index (χ0v) is 14.3. The average Bonchev–Trinajstić information content (AvgIpc) is 2.93. The van der Waals surface area contributed by atoms with Crippen LogP contribution >= 0.6 is 0 Å². The number of ketones is 1. The molecule has 1 atom stereocenters. The van der Waals surface area contributed by atoms with Crippen molar-refractivity contribution in [2.45, 2.75) is 19.6 Å². The third kappa shape index (κ3) is 5.10. The largest absolute Gasteiger partial charge is 0.390 e. The summed E-state index contributed by atoms with van der Waals surface area (Å²) in [5.41, 5.74) is 0.909. The number of aromatic nitrogens is 2. The zero-order valence-electron chi connectivity index (χ0n) is 14.3. The van der Waals surface area contributed by atoms with E-state index in [-0.39, 0.29) is 22.7 Å². The summed E-state index contributed by atoms with van der Waals surface area (Å²) in [5, 5.41) is 28.2. The molecule has 9 heteroatoms. The number of Topliss-reactive ketones (excluding diaryl/α,β-unsaturated/α-hetero) is 1. The molecule has 0 fully saturated rings. The molecule has 2 aromatic rings. The molecule has 0 aliphatic carbocycles. The quantitative estimate of drug-likeness (QED) is 0.424. The number of anilines is 2. The van der Waals surface area contributed by atoms with Crippen molar-refractivity contribution in [3.8, 4) is 0 Å². The van der Waals surface area contributed by atoms with Crippen molar-refractivity contribution < 1.29 is 14.8 Å². The van der Waals surface area contributed by atoms with Crippen LogP contribution in [-0.4, -0.2) is 57.2 Å².